The monoisotopic (exact) mass is 259 g/mol. The largest absolute Gasteiger partial charge is 0.485 e. The van der Waals surface area contributed by atoms with Crippen LogP contribution in [-0.2, 0) is 13.2 Å². The lowest BCUT2D eigenvalue weighted by Gasteiger charge is -2.10. The Morgan fingerprint density at radius 2 is 2.00 bits per heavy atom. The summed E-state index contributed by atoms with van der Waals surface area (Å²) >= 11 is 0. The van der Waals surface area contributed by atoms with E-state index in [2.05, 4.69) is 19.2 Å². The number of ether oxygens (including phenoxy) is 1. The third kappa shape index (κ3) is 3.86. The highest BCUT2D eigenvalue weighted by atomic mass is 16.5. The predicted octanol–water partition coefficient (Wildman–Crippen LogP) is 3.67. The van der Waals surface area contributed by atoms with Gasteiger partial charge in [0.2, 0.25) is 0 Å². The lowest BCUT2D eigenvalue weighted by Crippen LogP contribution is -2.22. The molecule has 2 rings (SSSR count). The average Bonchev–Trinajstić information content (AvgIpc) is 2.83. The van der Waals surface area contributed by atoms with Crippen LogP contribution >= 0.6 is 0 Å². The summed E-state index contributed by atoms with van der Waals surface area (Å²) in [5.41, 5.74) is 2.29. The van der Waals surface area contributed by atoms with E-state index in [1.54, 1.807) is 6.26 Å². The SMILES string of the molecule is Cc1ccccc1OCc1occc1CNC(C)C. The molecule has 19 heavy (non-hydrogen) atoms. The number of hydrogen-bond donors (Lipinski definition) is 1. The molecule has 0 spiro atoms. The van der Waals surface area contributed by atoms with Crippen molar-refractivity contribution in [3.05, 3.63) is 53.5 Å². The normalized spacial score (nSPS) is 10.9. The maximum atomic E-state index is 5.81. The topological polar surface area (TPSA) is 34.4 Å². The number of nitrogens with one attached hydrogen (secondary N) is 1. The second kappa shape index (κ2) is 6.43. The highest BCUT2D eigenvalue weighted by molar-refractivity contribution is 5.32. The van der Waals surface area contributed by atoms with Crippen LogP contribution in [0.3, 0.4) is 0 Å². The highest BCUT2D eigenvalue weighted by Crippen LogP contribution is 2.19. The quantitative estimate of drug-likeness (QED) is 0.859. The molecule has 0 saturated carbocycles. The van der Waals surface area contributed by atoms with Crippen molar-refractivity contribution in [1.29, 1.82) is 0 Å². The lowest BCUT2D eigenvalue weighted by molar-refractivity contribution is 0.266. The van der Waals surface area contributed by atoms with Crippen molar-refractivity contribution < 1.29 is 9.15 Å². The van der Waals surface area contributed by atoms with E-state index in [1.165, 1.54) is 0 Å². The molecule has 0 aliphatic carbocycles. The van der Waals surface area contributed by atoms with Gasteiger partial charge < -0.3 is 14.5 Å². The standard InChI is InChI=1S/C16H21NO2/c1-12(2)17-10-14-8-9-18-16(14)11-19-15-7-5-4-6-13(15)3/h4-9,12,17H,10-11H2,1-3H3. The van der Waals surface area contributed by atoms with E-state index in [0.717, 1.165) is 29.2 Å². The van der Waals surface area contributed by atoms with Crippen LogP contribution < -0.4 is 10.1 Å². The Hall–Kier alpha value is -1.74. The molecule has 0 saturated heterocycles. The van der Waals surface area contributed by atoms with Crippen LogP contribution in [0.4, 0.5) is 0 Å². The molecule has 0 fully saturated rings. The molecule has 0 atom stereocenters. The van der Waals surface area contributed by atoms with Gasteiger partial charge in [-0.05, 0) is 24.6 Å². The fraction of sp³-hybridized carbons (Fsp3) is 0.375. The summed E-state index contributed by atoms with van der Waals surface area (Å²) in [4.78, 5) is 0. The van der Waals surface area contributed by atoms with E-state index in [4.69, 9.17) is 9.15 Å². The smallest absolute Gasteiger partial charge is 0.146 e. The predicted molar refractivity (Wildman–Crippen MR) is 76.2 cm³/mol. The fourth-order valence-corrected chi connectivity index (χ4v) is 1.83. The average molecular weight is 259 g/mol. The molecule has 1 N–H and O–H groups in total. The zero-order valence-corrected chi connectivity index (χ0v) is 11.8. The number of aryl methyl sites for hydroxylation is 1. The number of rotatable bonds is 6. The molecule has 0 amide bonds. The second-order valence-corrected chi connectivity index (χ2v) is 4.96. The highest BCUT2D eigenvalue weighted by Gasteiger charge is 2.08. The van der Waals surface area contributed by atoms with E-state index in [0.29, 0.717) is 12.6 Å². The molecule has 0 radical (unpaired) electrons. The van der Waals surface area contributed by atoms with Crippen LogP contribution in [0.25, 0.3) is 0 Å². The minimum absolute atomic E-state index is 0.458. The van der Waals surface area contributed by atoms with Crippen molar-refractivity contribution in [3.8, 4) is 5.75 Å². The Morgan fingerprint density at radius 3 is 2.74 bits per heavy atom. The summed E-state index contributed by atoms with van der Waals surface area (Å²) in [5.74, 6) is 1.79. The molecule has 0 aliphatic rings. The van der Waals surface area contributed by atoms with Gasteiger partial charge in [0.15, 0.2) is 0 Å². The van der Waals surface area contributed by atoms with Crippen molar-refractivity contribution in [2.45, 2.75) is 40.0 Å². The van der Waals surface area contributed by atoms with Crippen molar-refractivity contribution in [2.24, 2.45) is 0 Å². The lowest BCUT2D eigenvalue weighted by atomic mass is 10.2. The van der Waals surface area contributed by atoms with Crippen molar-refractivity contribution in [3.63, 3.8) is 0 Å². The third-order valence-electron chi connectivity index (χ3n) is 2.99. The first kappa shape index (κ1) is 13.7. The third-order valence-corrected chi connectivity index (χ3v) is 2.99. The molecular weight excluding hydrogens is 238 g/mol. The summed E-state index contributed by atoms with van der Waals surface area (Å²) in [6.07, 6.45) is 1.72. The van der Waals surface area contributed by atoms with Crippen molar-refractivity contribution in [2.75, 3.05) is 0 Å². The molecular formula is C16H21NO2. The van der Waals surface area contributed by atoms with Crippen LogP contribution in [0.2, 0.25) is 0 Å². The van der Waals surface area contributed by atoms with Crippen LogP contribution in [0, 0.1) is 6.92 Å². The molecule has 3 heteroatoms. The zero-order valence-electron chi connectivity index (χ0n) is 11.8. The molecule has 3 nitrogen and oxygen atoms in total. The Balaban J connectivity index is 1.96. The number of furan rings is 1. The molecule has 1 aromatic heterocycles. The molecule has 0 unspecified atom stereocenters. The Kier molecular flexibility index (Phi) is 4.63. The van der Waals surface area contributed by atoms with Gasteiger partial charge in [-0.1, -0.05) is 32.0 Å². The molecule has 0 bridgehead atoms. The molecule has 0 aliphatic heterocycles. The van der Waals surface area contributed by atoms with E-state index >= 15 is 0 Å². The van der Waals surface area contributed by atoms with Gasteiger partial charge in [0.1, 0.15) is 18.1 Å². The molecule has 1 heterocycles. The molecule has 1 aromatic carbocycles. The summed E-state index contributed by atoms with van der Waals surface area (Å²) in [6, 6.07) is 10.5. The van der Waals surface area contributed by atoms with Crippen LogP contribution in [0.15, 0.2) is 41.0 Å². The Bertz CT molecular complexity index is 517. The number of benzene rings is 1. The second-order valence-electron chi connectivity index (χ2n) is 4.96. The first-order valence-corrected chi connectivity index (χ1v) is 6.64. The number of para-hydroxylation sites is 1. The minimum atomic E-state index is 0.458. The fourth-order valence-electron chi connectivity index (χ4n) is 1.83. The first-order chi connectivity index (χ1) is 9.16. The van der Waals surface area contributed by atoms with Gasteiger partial charge >= 0.3 is 0 Å². The van der Waals surface area contributed by atoms with Gasteiger partial charge in [0.25, 0.3) is 0 Å². The van der Waals surface area contributed by atoms with Gasteiger partial charge in [0.05, 0.1) is 6.26 Å². The summed E-state index contributed by atoms with van der Waals surface area (Å²) < 4.78 is 11.3. The van der Waals surface area contributed by atoms with Crippen molar-refractivity contribution >= 4 is 0 Å². The first-order valence-electron chi connectivity index (χ1n) is 6.64. The maximum absolute atomic E-state index is 5.81. The van der Waals surface area contributed by atoms with Crippen LogP contribution in [-0.4, -0.2) is 6.04 Å². The number of hydrogen-bond acceptors (Lipinski definition) is 3. The van der Waals surface area contributed by atoms with E-state index in [9.17, 15) is 0 Å². The Labute approximate surface area is 114 Å². The zero-order chi connectivity index (χ0) is 13.7. The molecule has 102 valence electrons. The van der Waals surface area contributed by atoms with E-state index < -0.39 is 0 Å². The van der Waals surface area contributed by atoms with E-state index in [-0.39, 0.29) is 0 Å². The Morgan fingerprint density at radius 1 is 1.21 bits per heavy atom. The van der Waals surface area contributed by atoms with Crippen molar-refractivity contribution in [1.82, 2.24) is 5.32 Å². The molecule has 2 aromatic rings. The van der Waals surface area contributed by atoms with Gasteiger partial charge in [-0.15, -0.1) is 0 Å². The van der Waals surface area contributed by atoms with Gasteiger partial charge in [-0.2, -0.15) is 0 Å². The van der Waals surface area contributed by atoms with Crippen LogP contribution in [0.5, 0.6) is 5.75 Å². The van der Waals surface area contributed by atoms with Gasteiger partial charge in [-0.25, -0.2) is 0 Å². The summed E-state index contributed by atoms with van der Waals surface area (Å²) in [6.45, 7) is 7.57. The van der Waals surface area contributed by atoms with Crippen LogP contribution in [0.1, 0.15) is 30.7 Å². The van der Waals surface area contributed by atoms with E-state index in [1.807, 2.05) is 37.3 Å². The summed E-state index contributed by atoms with van der Waals surface area (Å²) in [5, 5.41) is 3.38. The van der Waals surface area contributed by atoms with Gasteiger partial charge in [0, 0.05) is 18.2 Å². The maximum Gasteiger partial charge on any atom is 0.146 e. The van der Waals surface area contributed by atoms with Gasteiger partial charge in [-0.3, -0.25) is 0 Å². The summed E-state index contributed by atoms with van der Waals surface area (Å²) in [7, 11) is 0. The minimum Gasteiger partial charge on any atom is -0.485 e.